The van der Waals surface area contributed by atoms with Gasteiger partial charge in [0.05, 0.1) is 5.03 Å². The molecule has 4 nitrogen and oxygen atoms in total. The lowest BCUT2D eigenvalue weighted by Crippen LogP contribution is -2.41. The lowest BCUT2D eigenvalue weighted by Gasteiger charge is -2.16. The van der Waals surface area contributed by atoms with E-state index in [0.29, 0.717) is 6.42 Å². The number of hydrogen-bond donors (Lipinski definition) is 2. The van der Waals surface area contributed by atoms with E-state index in [2.05, 4.69) is 10.3 Å². The van der Waals surface area contributed by atoms with Gasteiger partial charge in [0.25, 0.3) is 0 Å². The molecule has 0 saturated carbocycles. The maximum absolute atomic E-state index is 11.1. The van der Waals surface area contributed by atoms with Crippen LogP contribution >= 0.6 is 11.8 Å². The molecule has 1 rings (SSSR count). The largest absolute Gasteiger partial charge is 0.480 e. The van der Waals surface area contributed by atoms with Gasteiger partial charge < -0.3 is 10.4 Å². The average Bonchev–Trinajstić information content (AvgIpc) is 2.25. The summed E-state index contributed by atoms with van der Waals surface area (Å²) >= 11 is 1.61. The Morgan fingerprint density at radius 2 is 2.11 bits per heavy atom. The van der Waals surface area contributed by atoms with Crippen LogP contribution in [0, 0.1) is 13.8 Å². The number of carbonyl (C=O) groups is 1. The molecule has 1 heterocycles. The first-order valence-electron chi connectivity index (χ1n) is 6.45. The van der Waals surface area contributed by atoms with Gasteiger partial charge in [-0.3, -0.25) is 4.79 Å². The second kappa shape index (κ2) is 7.50. The van der Waals surface area contributed by atoms with E-state index in [-0.39, 0.29) is 6.04 Å². The van der Waals surface area contributed by atoms with Crippen molar-refractivity contribution in [1.29, 1.82) is 0 Å². The van der Waals surface area contributed by atoms with Gasteiger partial charge in [-0.15, -0.1) is 11.8 Å². The zero-order valence-corrected chi connectivity index (χ0v) is 12.8. The van der Waals surface area contributed by atoms with E-state index in [1.165, 1.54) is 5.56 Å². The fourth-order valence-corrected chi connectivity index (χ4v) is 2.88. The number of nitrogens with zero attached hydrogens (tertiary/aromatic N) is 1. The Hall–Kier alpha value is -1.07. The van der Waals surface area contributed by atoms with Crippen LogP contribution in [0.25, 0.3) is 0 Å². The molecule has 0 spiro atoms. The highest BCUT2D eigenvalue weighted by Crippen LogP contribution is 2.19. The SMILES string of the molecule is Cc1cc(C)nc(SCCC(NC(C)C)C(=O)O)c1. The summed E-state index contributed by atoms with van der Waals surface area (Å²) in [5, 5.41) is 13.1. The number of thioether (sulfide) groups is 1. The van der Waals surface area contributed by atoms with E-state index in [1.807, 2.05) is 39.8 Å². The predicted molar refractivity (Wildman–Crippen MR) is 78.7 cm³/mol. The Kier molecular flexibility index (Phi) is 6.31. The number of hydrogen-bond acceptors (Lipinski definition) is 4. The molecule has 0 bridgehead atoms. The molecule has 0 saturated heterocycles. The summed E-state index contributed by atoms with van der Waals surface area (Å²) in [4.78, 5) is 15.5. The lowest BCUT2D eigenvalue weighted by molar-refractivity contribution is -0.139. The fourth-order valence-electron chi connectivity index (χ4n) is 1.84. The topological polar surface area (TPSA) is 62.2 Å². The zero-order chi connectivity index (χ0) is 14.4. The van der Waals surface area contributed by atoms with Crippen LogP contribution in [0.4, 0.5) is 0 Å². The van der Waals surface area contributed by atoms with Crippen LogP contribution in [0.5, 0.6) is 0 Å². The quantitative estimate of drug-likeness (QED) is 0.753. The molecule has 1 aromatic heterocycles. The third-order valence-corrected chi connectivity index (χ3v) is 3.51. The van der Waals surface area contributed by atoms with Gasteiger partial charge in [0.15, 0.2) is 0 Å². The number of aryl methyl sites for hydroxylation is 2. The van der Waals surface area contributed by atoms with Gasteiger partial charge >= 0.3 is 5.97 Å². The highest BCUT2D eigenvalue weighted by molar-refractivity contribution is 7.99. The molecule has 2 N–H and O–H groups in total. The number of rotatable bonds is 7. The summed E-state index contributed by atoms with van der Waals surface area (Å²) in [6.07, 6.45) is 0.590. The highest BCUT2D eigenvalue weighted by atomic mass is 32.2. The number of nitrogens with one attached hydrogen (secondary N) is 1. The summed E-state index contributed by atoms with van der Waals surface area (Å²) in [5.74, 6) is -0.0465. The predicted octanol–water partition coefficient (Wildman–Crippen LogP) is 2.63. The van der Waals surface area contributed by atoms with Crippen LogP contribution in [0.15, 0.2) is 17.2 Å². The van der Waals surface area contributed by atoms with Crippen molar-refractivity contribution in [3.05, 3.63) is 23.4 Å². The number of aromatic nitrogens is 1. The van der Waals surface area contributed by atoms with Gasteiger partial charge in [-0.1, -0.05) is 13.8 Å². The van der Waals surface area contributed by atoms with E-state index in [0.717, 1.165) is 16.5 Å². The summed E-state index contributed by atoms with van der Waals surface area (Å²) in [6.45, 7) is 7.92. The Balaban J connectivity index is 2.49. The van der Waals surface area contributed by atoms with Crippen molar-refractivity contribution < 1.29 is 9.90 Å². The molecule has 0 amide bonds. The Morgan fingerprint density at radius 3 is 2.63 bits per heavy atom. The van der Waals surface area contributed by atoms with Crippen molar-refractivity contribution in [2.24, 2.45) is 0 Å². The van der Waals surface area contributed by atoms with Crippen molar-refractivity contribution in [2.75, 3.05) is 5.75 Å². The molecule has 1 aromatic rings. The van der Waals surface area contributed by atoms with Gasteiger partial charge in [-0.25, -0.2) is 4.98 Å². The van der Waals surface area contributed by atoms with Crippen molar-refractivity contribution in [1.82, 2.24) is 10.3 Å². The highest BCUT2D eigenvalue weighted by Gasteiger charge is 2.17. The molecule has 0 aromatic carbocycles. The van der Waals surface area contributed by atoms with Gasteiger partial charge in [0.2, 0.25) is 0 Å². The molecule has 0 aliphatic rings. The maximum Gasteiger partial charge on any atom is 0.320 e. The summed E-state index contributed by atoms with van der Waals surface area (Å²) in [6, 6.07) is 3.75. The Labute approximate surface area is 119 Å². The molecule has 0 fully saturated rings. The molecule has 0 radical (unpaired) electrons. The second-order valence-electron chi connectivity index (χ2n) is 4.97. The van der Waals surface area contributed by atoms with Gasteiger partial charge in [-0.05, 0) is 38.0 Å². The number of aliphatic carboxylic acids is 1. The minimum absolute atomic E-state index is 0.172. The van der Waals surface area contributed by atoms with E-state index < -0.39 is 12.0 Å². The van der Waals surface area contributed by atoms with Crippen LogP contribution in [-0.4, -0.2) is 33.9 Å². The number of pyridine rings is 1. The third-order valence-electron chi connectivity index (χ3n) is 2.56. The normalized spacial score (nSPS) is 12.7. The third kappa shape index (κ3) is 6.07. The van der Waals surface area contributed by atoms with Crippen LogP contribution in [0.2, 0.25) is 0 Å². The molecule has 1 unspecified atom stereocenters. The van der Waals surface area contributed by atoms with Crippen LogP contribution in [0.1, 0.15) is 31.5 Å². The van der Waals surface area contributed by atoms with Gasteiger partial charge in [0, 0.05) is 17.5 Å². The Morgan fingerprint density at radius 1 is 1.42 bits per heavy atom. The van der Waals surface area contributed by atoms with E-state index in [4.69, 9.17) is 5.11 Å². The summed E-state index contributed by atoms with van der Waals surface area (Å²) in [7, 11) is 0. The molecule has 0 aliphatic heterocycles. The monoisotopic (exact) mass is 282 g/mol. The second-order valence-corrected chi connectivity index (χ2v) is 6.09. The first-order valence-corrected chi connectivity index (χ1v) is 7.44. The standard InChI is InChI=1S/C14H22N2O2S/c1-9(2)15-12(14(17)18)5-6-19-13-8-10(3)7-11(4)16-13/h7-9,12,15H,5-6H2,1-4H3,(H,17,18). The van der Waals surface area contributed by atoms with Crippen LogP contribution < -0.4 is 5.32 Å². The maximum atomic E-state index is 11.1. The van der Waals surface area contributed by atoms with Gasteiger partial charge in [0.1, 0.15) is 6.04 Å². The summed E-state index contributed by atoms with van der Waals surface area (Å²) in [5.41, 5.74) is 2.18. The molecular formula is C14H22N2O2S. The first kappa shape index (κ1) is 16.0. The molecule has 0 aliphatic carbocycles. The van der Waals surface area contributed by atoms with Crippen molar-refractivity contribution in [3.63, 3.8) is 0 Å². The van der Waals surface area contributed by atoms with Crippen LogP contribution in [-0.2, 0) is 4.79 Å². The van der Waals surface area contributed by atoms with E-state index in [9.17, 15) is 4.79 Å². The minimum Gasteiger partial charge on any atom is -0.480 e. The van der Waals surface area contributed by atoms with Crippen LogP contribution in [0.3, 0.4) is 0 Å². The minimum atomic E-state index is -0.789. The molecule has 1 atom stereocenters. The molecule has 19 heavy (non-hydrogen) atoms. The van der Waals surface area contributed by atoms with Crippen molar-refractivity contribution in [3.8, 4) is 0 Å². The molecule has 5 heteroatoms. The zero-order valence-electron chi connectivity index (χ0n) is 11.9. The van der Waals surface area contributed by atoms with E-state index >= 15 is 0 Å². The summed E-state index contributed by atoms with van der Waals surface area (Å²) < 4.78 is 0. The molecular weight excluding hydrogens is 260 g/mol. The van der Waals surface area contributed by atoms with E-state index in [1.54, 1.807) is 11.8 Å². The van der Waals surface area contributed by atoms with Crippen molar-refractivity contribution in [2.45, 2.75) is 51.2 Å². The first-order chi connectivity index (χ1) is 8.88. The molecule has 106 valence electrons. The Bertz CT molecular complexity index is 415. The number of carboxylic acids is 1. The van der Waals surface area contributed by atoms with Gasteiger partial charge in [-0.2, -0.15) is 0 Å². The average molecular weight is 282 g/mol. The smallest absolute Gasteiger partial charge is 0.320 e. The fraction of sp³-hybridized carbons (Fsp3) is 0.571. The lowest BCUT2D eigenvalue weighted by atomic mass is 10.2. The number of carboxylic acid groups (broad SMARTS) is 1. The van der Waals surface area contributed by atoms with Crippen molar-refractivity contribution >= 4 is 17.7 Å².